The predicted molar refractivity (Wildman–Crippen MR) is 76.2 cm³/mol. The van der Waals surface area contributed by atoms with E-state index in [0.29, 0.717) is 0 Å². The molecule has 1 aliphatic carbocycles. The highest BCUT2D eigenvalue weighted by Gasteiger charge is 2.28. The van der Waals surface area contributed by atoms with Crippen molar-refractivity contribution in [1.82, 2.24) is 5.32 Å². The summed E-state index contributed by atoms with van der Waals surface area (Å²) >= 11 is 2.00. The first-order valence-electron chi connectivity index (χ1n) is 7.04. The fourth-order valence-corrected chi connectivity index (χ4v) is 3.69. The van der Waals surface area contributed by atoms with E-state index in [1.54, 1.807) is 0 Å². The Morgan fingerprint density at radius 2 is 2.00 bits per heavy atom. The van der Waals surface area contributed by atoms with Gasteiger partial charge in [0, 0.05) is 6.04 Å². The minimum absolute atomic E-state index is 0.810. The Labute approximate surface area is 106 Å². The average molecular weight is 243 g/mol. The molecule has 2 heteroatoms. The summed E-state index contributed by atoms with van der Waals surface area (Å²) in [6.07, 6.45) is 10.8. The minimum Gasteiger partial charge on any atom is -0.314 e. The molecule has 1 nitrogen and oxygen atoms in total. The predicted octanol–water partition coefficient (Wildman–Crippen LogP) is 3.93. The van der Waals surface area contributed by atoms with Crippen molar-refractivity contribution >= 4 is 11.8 Å². The highest BCUT2D eigenvalue weighted by atomic mass is 32.2. The number of thioether (sulfide) groups is 1. The SMILES string of the molecule is CCCC1CCC(NCC)C(CCSC)C1. The standard InChI is InChI=1S/C14H29NS/c1-4-6-12-7-8-14(15-5-2)13(11-12)9-10-16-3/h12-15H,4-11H2,1-3H3. The molecule has 1 aliphatic rings. The molecule has 0 radical (unpaired) electrons. The van der Waals surface area contributed by atoms with Crippen LogP contribution >= 0.6 is 11.8 Å². The van der Waals surface area contributed by atoms with Crippen molar-refractivity contribution in [3.05, 3.63) is 0 Å². The molecule has 0 amide bonds. The highest BCUT2D eigenvalue weighted by molar-refractivity contribution is 7.98. The van der Waals surface area contributed by atoms with Gasteiger partial charge in [-0.25, -0.2) is 0 Å². The van der Waals surface area contributed by atoms with E-state index in [-0.39, 0.29) is 0 Å². The molecule has 0 bridgehead atoms. The van der Waals surface area contributed by atoms with Crippen LogP contribution in [0.2, 0.25) is 0 Å². The van der Waals surface area contributed by atoms with Crippen LogP contribution in [0.4, 0.5) is 0 Å². The molecule has 0 spiro atoms. The third-order valence-corrected chi connectivity index (χ3v) is 4.59. The Balaban J connectivity index is 2.40. The quantitative estimate of drug-likeness (QED) is 0.727. The highest BCUT2D eigenvalue weighted by Crippen LogP contribution is 2.34. The van der Waals surface area contributed by atoms with Crippen LogP contribution in [0.25, 0.3) is 0 Å². The van der Waals surface area contributed by atoms with E-state index in [1.165, 1.54) is 44.3 Å². The Kier molecular flexibility index (Phi) is 7.55. The van der Waals surface area contributed by atoms with Crippen LogP contribution in [-0.2, 0) is 0 Å². The summed E-state index contributed by atoms with van der Waals surface area (Å²) in [4.78, 5) is 0. The Morgan fingerprint density at radius 3 is 2.62 bits per heavy atom. The van der Waals surface area contributed by atoms with Gasteiger partial charge in [-0.2, -0.15) is 11.8 Å². The molecule has 3 unspecified atom stereocenters. The molecule has 3 atom stereocenters. The largest absolute Gasteiger partial charge is 0.314 e. The second kappa shape index (κ2) is 8.41. The lowest BCUT2D eigenvalue weighted by atomic mass is 9.75. The van der Waals surface area contributed by atoms with E-state index in [0.717, 1.165) is 24.4 Å². The molecule has 1 rings (SSSR count). The van der Waals surface area contributed by atoms with Crippen LogP contribution in [0, 0.1) is 11.8 Å². The number of nitrogens with one attached hydrogen (secondary N) is 1. The normalized spacial score (nSPS) is 30.6. The zero-order valence-corrected chi connectivity index (χ0v) is 12.1. The fraction of sp³-hybridized carbons (Fsp3) is 1.00. The zero-order chi connectivity index (χ0) is 11.8. The molecule has 0 aromatic heterocycles. The lowest BCUT2D eigenvalue weighted by molar-refractivity contribution is 0.193. The van der Waals surface area contributed by atoms with Crippen molar-refractivity contribution in [2.45, 2.75) is 58.4 Å². The van der Waals surface area contributed by atoms with E-state index in [1.807, 2.05) is 11.8 Å². The maximum absolute atomic E-state index is 3.70. The van der Waals surface area contributed by atoms with Gasteiger partial charge in [0.25, 0.3) is 0 Å². The van der Waals surface area contributed by atoms with Crippen LogP contribution < -0.4 is 5.32 Å². The third kappa shape index (κ3) is 4.67. The Hall–Kier alpha value is 0.310. The van der Waals surface area contributed by atoms with E-state index >= 15 is 0 Å². The van der Waals surface area contributed by atoms with Crippen LogP contribution in [0.15, 0.2) is 0 Å². The smallest absolute Gasteiger partial charge is 0.00957 e. The molecule has 0 aromatic rings. The van der Waals surface area contributed by atoms with Crippen molar-refractivity contribution in [3.8, 4) is 0 Å². The summed E-state index contributed by atoms with van der Waals surface area (Å²) in [5, 5.41) is 3.70. The molecular weight excluding hydrogens is 214 g/mol. The second-order valence-electron chi connectivity index (χ2n) is 5.17. The minimum atomic E-state index is 0.810. The summed E-state index contributed by atoms with van der Waals surface area (Å²) in [5.74, 6) is 3.30. The van der Waals surface area contributed by atoms with Crippen molar-refractivity contribution in [3.63, 3.8) is 0 Å². The molecular formula is C14H29NS. The average Bonchev–Trinajstić information content (AvgIpc) is 2.30. The molecule has 1 N–H and O–H groups in total. The number of hydrogen-bond donors (Lipinski definition) is 1. The van der Waals surface area contributed by atoms with Gasteiger partial charge in [0.05, 0.1) is 0 Å². The number of hydrogen-bond acceptors (Lipinski definition) is 2. The van der Waals surface area contributed by atoms with Crippen LogP contribution in [0.1, 0.15) is 52.4 Å². The molecule has 0 saturated heterocycles. The summed E-state index contributed by atoms with van der Waals surface area (Å²) < 4.78 is 0. The van der Waals surface area contributed by atoms with Gasteiger partial charge in [0.2, 0.25) is 0 Å². The van der Waals surface area contributed by atoms with Crippen molar-refractivity contribution in [2.75, 3.05) is 18.6 Å². The fourth-order valence-electron chi connectivity index (χ4n) is 3.15. The lowest BCUT2D eigenvalue weighted by Crippen LogP contribution is -2.40. The lowest BCUT2D eigenvalue weighted by Gasteiger charge is -2.36. The first kappa shape index (κ1) is 14.4. The van der Waals surface area contributed by atoms with Gasteiger partial charge in [-0.05, 0) is 56.1 Å². The Bertz CT molecular complexity index is 172. The summed E-state index contributed by atoms with van der Waals surface area (Å²) in [5.41, 5.74) is 0. The summed E-state index contributed by atoms with van der Waals surface area (Å²) in [6.45, 7) is 5.70. The van der Waals surface area contributed by atoms with E-state index in [2.05, 4.69) is 25.4 Å². The van der Waals surface area contributed by atoms with Crippen LogP contribution in [-0.4, -0.2) is 24.6 Å². The van der Waals surface area contributed by atoms with Crippen LogP contribution in [0.3, 0.4) is 0 Å². The van der Waals surface area contributed by atoms with E-state index in [4.69, 9.17) is 0 Å². The van der Waals surface area contributed by atoms with Gasteiger partial charge in [-0.3, -0.25) is 0 Å². The maximum atomic E-state index is 3.70. The monoisotopic (exact) mass is 243 g/mol. The number of rotatable bonds is 7. The molecule has 1 saturated carbocycles. The first-order chi connectivity index (χ1) is 7.81. The summed E-state index contributed by atoms with van der Waals surface area (Å²) in [6, 6.07) is 0.810. The van der Waals surface area contributed by atoms with Crippen LogP contribution in [0.5, 0.6) is 0 Å². The van der Waals surface area contributed by atoms with Crippen molar-refractivity contribution in [1.29, 1.82) is 0 Å². The molecule has 0 heterocycles. The molecule has 0 aliphatic heterocycles. The molecule has 1 fully saturated rings. The van der Waals surface area contributed by atoms with Gasteiger partial charge in [0.15, 0.2) is 0 Å². The van der Waals surface area contributed by atoms with Crippen molar-refractivity contribution in [2.24, 2.45) is 11.8 Å². The maximum Gasteiger partial charge on any atom is 0.00957 e. The zero-order valence-electron chi connectivity index (χ0n) is 11.3. The summed E-state index contributed by atoms with van der Waals surface area (Å²) in [7, 11) is 0. The topological polar surface area (TPSA) is 12.0 Å². The van der Waals surface area contributed by atoms with E-state index in [9.17, 15) is 0 Å². The molecule has 16 heavy (non-hydrogen) atoms. The Morgan fingerprint density at radius 1 is 1.19 bits per heavy atom. The van der Waals surface area contributed by atoms with Gasteiger partial charge in [-0.15, -0.1) is 0 Å². The third-order valence-electron chi connectivity index (χ3n) is 3.95. The van der Waals surface area contributed by atoms with E-state index < -0.39 is 0 Å². The first-order valence-corrected chi connectivity index (χ1v) is 8.43. The second-order valence-corrected chi connectivity index (χ2v) is 6.16. The molecule has 96 valence electrons. The van der Waals surface area contributed by atoms with Gasteiger partial charge < -0.3 is 5.32 Å². The molecule has 0 aromatic carbocycles. The van der Waals surface area contributed by atoms with Crippen molar-refractivity contribution < 1.29 is 0 Å². The van der Waals surface area contributed by atoms with Gasteiger partial charge >= 0.3 is 0 Å². The van der Waals surface area contributed by atoms with Gasteiger partial charge in [-0.1, -0.05) is 26.7 Å². The van der Waals surface area contributed by atoms with Gasteiger partial charge in [0.1, 0.15) is 0 Å².